The van der Waals surface area contributed by atoms with E-state index in [1.165, 1.54) is 6.07 Å². The van der Waals surface area contributed by atoms with Crippen molar-refractivity contribution in [3.05, 3.63) is 35.4 Å². The Morgan fingerprint density at radius 3 is 2.58 bits per heavy atom. The number of rotatable bonds is 5. The van der Waals surface area contributed by atoms with E-state index in [0.717, 1.165) is 12.1 Å². The van der Waals surface area contributed by atoms with Crippen molar-refractivity contribution in [3.63, 3.8) is 0 Å². The number of hydrogen-bond donors (Lipinski definition) is 3. The molecular weight excluding hydrogens is 325 g/mol. The van der Waals surface area contributed by atoms with Gasteiger partial charge in [0.15, 0.2) is 0 Å². The molecule has 1 heterocycles. The van der Waals surface area contributed by atoms with Crippen LogP contribution in [0.25, 0.3) is 0 Å². The number of nitrogens with one attached hydrogen (secondary N) is 2. The number of carbonyl (C=O) groups is 1. The predicted molar refractivity (Wildman–Crippen MR) is 81.7 cm³/mol. The zero-order valence-corrected chi connectivity index (χ0v) is 13.2. The van der Waals surface area contributed by atoms with Crippen LogP contribution in [0.5, 0.6) is 0 Å². The molecule has 0 aliphatic carbocycles. The van der Waals surface area contributed by atoms with Gasteiger partial charge in [-0.3, -0.25) is 0 Å². The van der Waals surface area contributed by atoms with Gasteiger partial charge in [-0.2, -0.15) is 13.2 Å². The fourth-order valence-electron chi connectivity index (χ4n) is 2.84. The molecule has 2 amide bonds. The summed E-state index contributed by atoms with van der Waals surface area (Å²) in [6.45, 7) is 0.993. The van der Waals surface area contributed by atoms with E-state index in [1.807, 2.05) is 0 Å². The summed E-state index contributed by atoms with van der Waals surface area (Å²) < 4.78 is 44.3. The lowest BCUT2D eigenvalue weighted by atomic mass is 9.73. The van der Waals surface area contributed by atoms with E-state index in [9.17, 15) is 18.0 Å². The summed E-state index contributed by atoms with van der Waals surface area (Å²) in [5.41, 5.74) is -0.755. The SMILES string of the molecule is O=C(NCCO)NCC1(c2cccc(C(F)(F)F)c2)CCOCC1. The predicted octanol–water partition coefficient (Wildman–Crippen LogP) is 2.05. The molecule has 0 atom stereocenters. The van der Waals surface area contributed by atoms with Crippen LogP contribution in [0.15, 0.2) is 24.3 Å². The minimum Gasteiger partial charge on any atom is -0.395 e. The van der Waals surface area contributed by atoms with Crippen LogP contribution in [0.3, 0.4) is 0 Å². The summed E-state index contributed by atoms with van der Waals surface area (Å²) in [5, 5.41) is 13.9. The molecular formula is C16H21F3N2O3. The topological polar surface area (TPSA) is 70.6 Å². The van der Waals surface area contributed by atoms with Crippen LogP contribution in [-0.2, 0) is 16.3 Å². The van der Waals surface area contributed by atoms with Gasteiger partial charge < -0.3 is 20.5 Å². The Hall–Kier alpha value is -1.80. The van der Waals surface area contributed by atoms with E-state index < -0.39 is 23.2 Å². The van der Waals surface area contributed by atoms with Crippen molar-refractivity contribution in [3.8, 4) is 0 Å². The van der Waals surface area contributed by atoms with E-state index in [0.29, 0.717) is 31.6 Å². The van der Waals surface area contributed by atoms with Crippen molar-refractivity contribution in [1.82, 2.24) is 10.6 Å². The number of aliphatic hydroxyl groups excluding tert-OH is 1. The van der Waals surface area contributed by atoms with E-state index in [2.05, 4.69) is 10.6 Å². The number of hydrogen-bond acceptors (Lipinski definition) is 3. The van der Waals surface area contributed by atoms with Crippen LogP contribution in [0.1, 0.15) is 24.0 Å². The quantitative estimate of drug-likeness (QED) is 0.764. The summed E-state index contributed by atoms with van der Waals surface area (Å²) in [6.07, 6.45) is -3.36. The maximum atomic E-state index is 13.0. The third-order valence-corrected chi connectivity index (χ3v) is 4.24. The maximum absolute atomic E-state index is 13.0. The first-order chi connectivity index (χ1) is 11.4. The smallest absolute Gasteiger partial charge is 0.395 e. The first-order valence-electron chi connectivity index (χ1n) is 7.75. The van der Waals surface area contributed by atoms with Crippen molar-refractivity contribution >= 4 is 6.03 Å². The molecule has 8 heteroatoms. The number of urea groups is 1. The van der Waals surface area contributed by atoms with Crippen molar-refractivity contribution in [2.75, 3.05) is 32.9 Å². The van der Waals surface area contributed by atoms with Crippen LogP contribution < -0.4 is 10.6 Å². The lowest BCUT2D eigenvalue weighted by Gasteiger charge is -2.38. The van der Waals surface area contributed by atoms with Gasteiger partial charge in [0, 0.05) is 31.7 Å². The van der Waals surface area contributed by atoms with Gasteiger partial charge in [-0.1, -0.05) is 18.2 Å². The molecule has 0 unspecified atom stereocenters. The summed E-state index contributed by atoms with van der Waals surface area (Å²) in [5.74, 6) is 0. The molecule has 1 aromatic carbocycles. The van der Waals surface area contributed by atoms with Gasteiger partial charge in [0.1, 0.15) is 0 Å². The van der Waals surface area contributed by atoms with E-state index >= 15 is 0 Å². The summed E-state index contributed by atoms with van der Waals surface area (Å²) in [4.78, 5) is 11.7. The van der Waals surface area contributed by atoms with Crippen LogP contribution >= 0.6 is 0 Å². The number of aliphatic hydroxyl groups is 1. The minimum atomic E-state index is -4.41. The molecule has 24 heavy (non-hydrogen) atoms. The third-order valence-electron chi connectivity index (χ3n) is 4.24. The molecule has 0 spiro atoms. The Bertz CT molecular complexity index is 558. The molecule has 0 radical (unpaired) electrons. The van der Waals surface area contributed by atoms with Gasteiger partial charge in [-0.15, -0.1) is 0 Å². The first-order valence-corrected chi connectivity index (χ1v) is 7.75. The molecule has 1 aliphatic rings. The molecule has 1 saturated heterocycles. The average molecular weight is 346 g/mol. The highest BCUT2D eigenvalue weighted by molar-refractivity contribution is 5.74. The standard InChI is InChI=1S/C16H21F3N2O3/c17-16(18,19)13-3-1-2-12(10-13)15(4-8-24-9-5-15)11-21-14(23)20-6-7-22/h1-3,10,22H,4-9,11H2,(H2,20,21,23). The Morgan fingerprint density at radius 1 is 1.25 bits per heavy atom. The maximum Gasteiger partial charge on any atom is 0.416 e. The van der Waals surface area contributed by atoms with E-state index in [1.54, 1.807) is 6.07 Å². The second-order valence-electron chi connectivity index (χ2n) is 5.80. The zero-order chi connectivity index (χ0) is 17.6. The molecule has 0 aromatic heterocycles. The van der Waals surface area contributed by atoms with Gasteiger partial charge in [0.25, 0.3) is 0 Å². The number of amides is 2. The van der Waals surface area contributed by atoms with Crippen LogP contribution in [0, 0.1) is 0 Å². The van der Waals surface area contributed by atoms with Crippen LogP contribution in [0.4, 0.5) is 18.0 Å². The minimum absolute atomic E-state index is 0.117. The molecule has 0 bridgehead atoms. The molecule has 1 aromatic rings. The highest BCUT2D eigenvalue weighted by atomic mass is 19.4. The highest BCUT2D eigenvalue weighted by Gasteiger charge is 2.37. The largest absolute Gasteiger partial charge is 0.416 e. The van der Waals surface area contributed by atoms with Gasteiger partial charge in [-0.05, 0) is 24.5 Å². The molecule has 5 nitrogen and oxygen atoms in total. The zero-order valence-electron chi connectivity index (χ0n) is 13.2. The Balaban J connectivity index is 2.20. The van der Waals surface area contributed by atoms with Gasteiger partial charge in [0.05, 0.1) is 12.2 Å². The second kappa shape index (κ2) is 7.85. The summed E-state index contributed by atoms with van der Waals surface area (Å²) >= 11 is 0. The van der Waals surface area contributed by atoms with Gasteiger partial charge in [-0.25, -0.2) is 4.79 Å². The van der Waals surface area contributed by atoms with Crippen molar-refractivity contribution in [1.29, 1.82) is 0 Å². The number of carbonyl (C=O) groups excluding carboxylic acids is 1. The Morgan fingerprint density at radius 2 is 1.96 bits per heavy atom. The second-order valence-corrected chi connectivity index (χ2v) is 5.80. The summed E-state index contributed by atoms with van der Waals surface area (Å²) in [7, 11) is 0. The third kappa shape index (κ3) is 4.61. The molecule has 134 valence electrons. The fraction of sp³-hybridized carbons (Fsp3) is 0.562. The average Bonchev–Trinajstić information content (AvgIpc) is 2.58. The normalized spacial score (nSPS) is 17.3. The first kappa shape index (κ1) is 18.5. The molecule has 2 rings (SSSR count). The lowest BCUT2D eigenvalue weighted by molar-refractivity contribution is -0.137. The lowest BCUT2D eigenvalue weighted by Crippen LogP contribution is -2.47. The number of alkyl halides is 3. The van der Waals surface area contributed by atoms with E-state index in [4.69, 9.17) is 9.84 Å². The molecule has 0 saturated carbocycles. The Labute approximate surface area is 138 Å². The van der Waals surface area contributed by atoms with Gasteiger partial charge >= 0.3 is 12.2 Å². The van der Waals surface area contributed by atoms with Crippen LogP contribution in [0.2, 0.25) is 0 Å². The number of benzene rings is 1. The van der Waals surface area contributed by atoms with Crippen LogP contribution in [-0.4, -0.2) is 44.0 Å². The number of ether oxygens (including phenoxy) is 1. The van der Waals surface area contributed by atoms with Crippen molar-refractivity contribution in [2.24, 2.45) is 0 Å². The Kier molecular flexibility index (Phi) is 6.06. The molecule has 3 N–H and O–H groups in total. The number of halogens is 3. The monoisotopic (exact) mass is 346 g/mol. The highest BCUT2D eigenvalue weighted by Crippen LogP contribution is 2.37. The van der Waals surface area contributed by atoms with Gasteiger partial charge in [0.2, 0.25) is 0 Å². The fourth-order valence-corrected chi connectivity index (χ4v) is 2.84. The molecule has 1 fully saturated rings. The van der Waals surface area contributed by atoms with E-state index in [-0.39, 0.29) is 19.7 Å². The summed E-state index contributed by atoms with van der Waals surface area (Å²) in [6, 6.07) is 4.79. The van der Waals surface area contributed by atoms with Crippen molar-refractivity contribution < 1.29 is 27.8 Å². The molecule has 1 aliphatic heterocycles. The van der Waals surface area contributed by atoms with Crippen molar-refractivity contribution in [2.45, 2.75) is 24.4 Å².